The van der Waals surface area contributed by atoms with Gasteiger partial charge in [0.1, 0.15) is 0 Å². The maximum atomic E-state index is 11.0. The van der Waals surface area contributed by atoms with Crippen LogP contribution in [0.5, 0.6) is 0 Å². The second-order valence-corrected chi connectivity index (χ2v) is 4.47. The molecule has 0 unspecified atom stereocenters. The van der Waals surface area contributed by atoms with Gasteiger partial charge in [0.2, 0.25) is 0 Å². The average molecular weight is 249 g/mol. The first kappa shape index (κ1) is 11.9. The summed E-state index contributed by atoms with van der Waals surface area (Å²) >= 11 is 5.97. The summed E-state index contributed by atoms with van der Waals surface area (Å²) in [4.78, 5) is 11.0. The molecule has 0 bridgehead atoms. The van der Waals surface area contributed by atoms with E-state index in [9.17, 15) is 4.79 Å². The molecular formula is C13H13ClN2O. The highest BCUT2D eigenvalue weighted by Gasteiger charge is 2.12. The quantitative estimate of drug-likeness (QED) is 0.765. The van der Waals surface area contributed by atoms with Crippen molar-refractivity contribution in [3.8, 4) is 5.69 Å². The zero-order valence-corrected chi connectivity index (χ0v) is 10.7. The fourth-order valence-corrected chi connectivity index (χ4v) is 1.92. The highest BCUT2D eigenvalue weighted by molar-refractivity contribution is 6.30. The van der Waals surface area contributed by atoms with Gasteiger partial charge in [0, 0.05) is 16.3 Å². The third-order valence-electron chi connectivity index (χ3n) is 3.00. The molecule has 0 aliphatic rings. The summed E-state index contributed by atoms with van der Waals surface area (Å²) in [5, 5.41) is 5.02. The molecule has 0 spiro atoms. The number of halogens is 1. The molecule has 88 valence electrons. The first-order valence-electron chi connectivity index (χ1n) is 5.32. The molecule has 0 saturated heterocycles. The summed E-state index contributed by atoms with van der Waals surface area (Å²) in [6.45, 7) is 5.94. The van der Waals surface area contributed by atoms with E-state index >= 15 is 0 Å². The van der Waals surface area contributed by atoms with Crippen molar-refractivity contribution in [2.75, 3.05) is 0 Å². The lowest BCUT2D eigenvalue weighted by Crippen LogP contribution is -2.03. The van der Waals surface area contributed by atoms with Gasteiger partial charge in [0.25, 0.3) is 0 Å². The Morgan fingerprint density at radius 2 is 2.00 bits per heavy atom. The molecule has 0 aliphatic carbocycles. The molecule has 3 nitrogen and oxygen atoms in total. The van der Waals surface area contributed by atoms with Crippen LogP contribution in [0.1, 0.15) is 27.3 Å². The van der Waals surface area contributed by atoms with Crippen molar-refractivity contribution in [3.05, 3.63) is 45.7 Å². The number of rotatable bonds is 2. The van der Waals surface area contributed by atoms with Crippen LogP contribution < -0.4 is 0 Å². The van der Waals surface area contributed by atoms with Crippen molar-refractivity contribution in [3.63, 3.8) is 0 Å². The standard InChI is InChI=1S/C13H13ClN2O/c1-8-9(2)15-16(10(8)3)13-6-12(14)5-4-11(13)7-17/h4-7H,1-3H3. The van der Waals surface area contributed by atoms with Gasteiger partial charge in [-0.25, -0.2) is 4.68 Å². The Bertz CT molecular complexity index is 587. The second-order valence-electron chi connectivity index (χ2n) is 4.03. The fourth-order valence-electron chi connectivity index (χ4n) is 1.76. The molecule has 0 saturated carbocycles. The van der Waals surface area contributed by atoms with Crippen molar-refractivity contribution in [2.45, 2.75) is 20.8 Å². The van der Waals surface area contributed by atoms with Crippen LogP contribution in [0.25, 0.3) is 5.69 Å². The Morgan fingerprint density at radius 3 is 2.53 bits per heavy atom. The molecule has 0 radical (unpaired) electrons. The summed E-state index contributed by atoms with van der Waals surface area (Å²) in [5.74, 6) is 0. The lowest BCUT2D eigenvalue weighted by molar-refractivity contribution is 0.112. The molecular weight excluding hydrogens is 236 g/mol. The van der Waals surface area contributed by atoms with Gasteiger partial charge in [0.15, 0.2) is 6.29 Å². The van der Waals surface area contributed by atoms with E-state index in [1.54, 1.807) is 22.9 Å². The third kappa shape index (κ3) is 1.98. The molecule has 4 heteroatoms. The third-order valence-corrected chi connectivity index (χ3v) is 3.24. The smallest absolute Gasteiger partial charge is 0.152 e. The van der Waals surface area contributed by atoms with Crippen molar-refractivity contribution >= 4 is 17.9 Å². The van der Waals surface area contributed by atoms with Gasteiger partial charge >= 0.3 is 0 Å². The molecule has 1 aromatic heterocycles. The van der Waals surface area contributed by atoms with Gasteiger partial charge in [-0.2, -0.15) is 5.10 Å². The first-order chi connectivity index (χ1) is 8.04. The van der Waals surface area contributed by atoms with E-state index < -0.39 is 0 Å². The van der Waals surface area contributed by atoms with E-state index in [1.165, 1.54) is 0 Å². The van der Waals surface area contributed by atoms with E-state index in [-0.39, 0.29) is 0 Å². The van der Waals surface area contributed by atoms with Gasteiger partial charge in [-0.05, 0) is 44.5 Å². The van der Waals surface area contributed by atoms with Crippen LogP contribution in [0.2, 0.25) is 5.02 Å². The molecule has 0 amide bonds. The number of hydrogen-bond donors (Lipinski definition) is 0. The Labute approximate surface area is 105 Å². The number of carbonyl (C=O) groups excluding carboxylic acids is 1. The number of aldehydes is 1. The minimum atomic E-state index is 0.583. The van der Waals surface area contributed by atoms with Gasteiger partial charge in [-0.3, -0.25) is 4.79 Å². The molecule has 0 atom stereocenters. The van der Waals surface area contributed by atoms with E-state index in [4.69, 9.17) is 11.6 Å². The molecule has 0 aliphatic heterocycles. The van der Waals surface area contributed by atoms with Crippen molar-refractivity contribution in [1.82, 2.24) is 9.78 Å². The molecule has 1 heterocycles. The van der Waals surface area contributed by atoms with Gasteiger partial charge in [-0.15, -0.1) is 0 Å². The normalized spacial score (nSPS) is 10.6. The Morgan fingerprint density at radius 1 is 1.29 bits per heavy atom. The van der Waals surface area contributed by atoms with Gasteiger partial charge < -0.3 is 0 Å². The number of benzene rings is 1. The van der Waals surface area contributed by atoms with Crippen LogP contribution in [0, 0.1) is 20.8 Å². The largest absolute Gasteiger partial charge is 0.298 e. The van der Waals surface area contributed by atoms with E-state index in [0.29, 0.717) is 10.6 Å². The van der Waals surface area contributed by atoms with E-state index in [2.05, 4.69) is 5.10 Å². The Hall–Kier alpha value is -1.61. The summed E-state index contributed by atoms with van der Waals surface area (Å²) in [6.07, 6.45) is 0.817. The van der Waals surface area contributed by atoms with Gasteiger partial charge in [0.05, 0.1) is 11.4 Å². The maximum absolute atomic E-state index is 11.0. The molecule has 0 N–H and O–H groups in total. The van der Waals surface area contributed by atoms with Crippen LogP contribution >= 0.6 is 11.6 Å². The van der Waals surface area contributed by atoms with Crippen LogP contribution in [-0.2, 0) is 0 Å². The van der Waals surface area contributed by atoms with Crippen LogP contribution in [0.3, 0.4) is 0 Å². The fraction of sp³-hybridized carbons (Fsp3) is 0.231. The predicted octanol–water partition coefficient (Wildman–Crippen LogP) is 3.26. The monoisotopic (exact) mass is 248 g/mol. The molecule has 0 fully saturated rings. The molecule has 17 heavy (non-hydrogen) atoms. The summed E-state index contributed by atoms with van der Waals surface area (Å²) in [6, 6.07) is 5.16. The minimum Gasteiger partial charge on any atom is -0.298 e. The predicted molar refractivity (Wildman–Crippen MR) is 68.2 cm³/mol. The highest BCUT2D eigenvalue weighted by atomic mass is 35.5. The number of hydrogen-bond acceptors (Lipinski definition) is 2. The SMILES string of the molecule is Cc1nn(-c2cc(Cl)ccc2C=O)c(C)c1C. The summed E-state index contributed by atoms with van der Waals surface area (Å²) in [5.41, 5.74) is 4.41. The van der Waals surface area contributed by atoms with Crippen LogP contribution in [0.4, 0.5) is 0 Å². The number of aromatic nitrogens is 2. The minimum absolute atomic E-state index is 0.583. The highest BCUT2D eigenvalue weighted by Crippen LogP contribution is 2.22. The molecule has 2 rings (SSSR count). The summed E-state index contributed by atoms with van der Waals surface area (Å²) in [7, 11) is 0. The zero-order chi connectivity index (χ0) is 12.6. The number of aryl methyl sites for hydroxylation is 1. The Kier molecular flexibility index (Phi) is 3.03. The van der Waals surface area contributed by atoms with Gasteiger partial charge in [-0.1, -0.05) is 11.6 Å². The zero-order valence-electron chi connectivity index (χ0n) is 9.99. The molecule has 1 aromatic carbocycles. The second kappa shape index (κ2) is 4.34. The van der Waals surface area contributed by atoms with E-state index in [1.807, 2.05) is 20.8 Å². The van der Waals surface area contributed by atoms with Crippen LogP contribution in [-0.4, -0.2) is 16.1 Å². The van der Waals surface area contributed by atoms with Crippen LogP contribution in [0.15, 0.2) is 18.2 Å². The lowest BCUT2D eigenvalue weighted by Gasteiger charge is -2.08. The lowest BCUT2D eigenvalue weighted by atomic mass is 10.2. The topological polar surface area (TPSA) is 34.9 Å². The van der Waals surface area contributed by atoms with Crippen molar-refractivity contribution in [1.29, 1.82) is 0 Å². The maximum Gasteiger partial charge on any atom is 0.152 e. The molecule has 2 aromatic rings. The van der Waals surface area contributed by atoms with E-state index in [0.717, 1.165) is 28.9 Å². The first-order valence-corrected chi connectivity index (χ1v) is 5.70. The number of nitrogens with zero attached hydrogens (tertiary/aromatic N) is 2. The number of carbonyl (C=O) groups is 1. The Balaban J connectivity index is 2.71. The summed E-state index contributed by atoms with van der Waals surface area (Å²) < 4.78 is 1.76. The van der Waals surface area contributed by atoms with Crippen molar-refractivity contribution < 1.29 is 4.79 Å². The average Bonchev–Trinajstić information content (AvgIpc) is 2.57. The van der Waals surface area contributed by atoms with Crippen molar-refractivity contribution in [2.24, 2.45) is 0 Å².